The van der Waals surface area contributed by atoms with Crippen molar-refractivity contribution in [3.8, 4) is 0 Å². The lowest BCUT2D eigenvalue weighted by Gasteiger charge is -2.18. The highest BCUT2D eigenvalue weighted by molar-refractivity contribution is 6.87. The standard InChI is InChI=1S/C14H17F3OSi/c1-10(18)13(19(2,3)4)9-11-5-7-12(8-6-11)14(15,16)17/h5-9H,1-4H3/b13-9-. The van der Waals surface area contributed by atoms with Crippen molar-refractivity contribution in [2.24, 2.45) is 0 Å². The molecule has 0 aromatic heterocycles. The number of Topliss-reactive ketones (excluding diaryl/α,β-unsaturated/α-hetero) is 1. The van der Waals surface area contributed by atoms with Gasteiger partial charge in [-0.25, -0.2) is 0 Å². The van der Waals surface area contributed by atoms with Gasteiger partial charge in [0.2, 0.25) is 0 Å². The van der Waals surface area contributed by atoms with E-state index in [2.05, 4.69) is 0 Å². The molecule has 0 N–H and O–H groups in total. The Balaban J connectivity index is 3.14. The van der Waals surface area contributed by atoms with Crippen LogP contribution in [0, 0.1) is 0 Å². The van der Waals surface area contributed by atoms with Gasteiger partial charge in [0, 0.05) is 0 Å². The lowest BCUT2D eigenvalue weighted by Crippen LogP contribution is -2.28. The van der Waals surface area contributed by atoms with Gasteiger partial charge in [0.1, 0.15) is 0 Å². The Morgan fingerprint density at radius 2 is 1.58 bits per heavy atom. The van der Waals surface area contributed by atoms with E-state index in [0.717, 1.165) is 17.3 Å². The first-order chi connectivity index (χ1) is 8.51. The number of benzene rings is 1. The van der Waals surface area contributed by atoms with Crippen LogP contribution in [0.5, 0.6) is 0 Å². The van der Waals surface area contributed by atoms with Crippen LogP contribution in [0.3, 0.4) is 0 Å². The van der Waals surface area contributed by atoms with Crippen LogP contribution in [0.15, 0.2) is 29.5 Å². The summed E-state index contributed by atoms with van der Waals surface area (Å²) in [7, 11) is -1.79. The molecule has 0 saturated heterocycles. The number of halogens is 3. The van der Waals surface area contributed by atoms with E-state index >= 15 is 0 Å². The number of hydrogen-bond donors (Lipinski definition) is 0. The third-order valence-electron chi connectivity index (χ3n) is 2.74. The molecule has 5 heteroatoms. The fraction of sp³-hybridized carbons (Fsp3) is 0.357. The van der Waals surface area contributed by atoms with Gasteiger partial charge in [-0.3, -0.25) is 4.79 Å². The van der Waals surface area contributed by atoms with Crippen LogP contribution in [0.2, 0.25) is 19.6 Å². The molecule has 0 amide bonds. The molecule has 0 spiro atoms. The average Bonchev–Trinajstić information content (AvgIpc) is 2.23. The lowest BCUT2D eigenvalue weighted by atomic mass is 10.1. The Kier molecular flexibility index (Phi) is 4.40. The van der Waals surface area contributed by atoms with Crippen LogP contribution in [-0.2, 0) is 11.0 Å². The molecule has 0 bridgehead atoms. The molecule has 0 heterocycles. The maximum Gasteiger partial charge on any atom is 0.416 e. The lowest BCUT2D eigenvalue weighted by molar-refractivity contribution is -0.137. The Hall–Kier alpha value is -1.36. The summed E-state index contributed by atoms with van der Waals surface area (Å²) in [5, 5.41) is 0.729. The molecule has 1 aromatic carbocycles. The van der Waals surface area contributed by atoms with Gasteiger partial charge in [-0.05, 0) is 29.8 Å². The van der Waals surface area contributed by atoms with Crippen molar-refractivity contribution in [1.82, 2.24) is 0 Å². The number of ketones is 1. The van der Waals surface area contributed by atoms with Crippen molar-refractivity contribution in [3.05, 3.63) is 40.6 Å². The highest BCUT2D eigenvalue weighted by Crippen LogP contribution is 2.29. The summed E-state index contributed by atoms with van der Waals surface area (Å²) < 4.78 is 37.3. The molecule has 19 heavy (non-hydrogen) atoms. The molecular weight excluding hydrogens is 269 g/mol. The number of carbonyl (C=O) groups excluding carboxylic acids is 1. The number of hydrogen-bond acceptors (Lipinski definition) is 1. The molecule has 0 fully saturated rings. The molecule has 0 aliphatic heterocycles. The number of rotatable bonds is 3. The molecule has 0 aliphatic rings. The van der Waals surface area contributed by atoms with Crippen molar-refractivity contribution in [2.45, 2.75) is 32.7 Å². The van der Waals surface area contributed by atoms with Gasteiger partial charge < -0.3 is 0 Å². The van der Waals surface area contributed by atoms with Crippen molar-refractivity contribution in [3.63, 3.8) is 0 Å². The van der Waals surface area contributed by atoms with Crippen LogP contribution in [0.25, 0.3) is 6.08 Å². The largest absolute Gasteiger partial charge is 0.416 e. The van der Waals surface area contributed by atoms with E-state index in [-0.39, 0.29) is 5.78 Å². The first kappa shape index (κ1) is 15.7. The van der Waals surface area contributed by atoms with Gasteiger partial charge in [-0.2, -0.15) is 13.2 Å². The summed E-state index contributed by atoms with van der Waals surface area (Å²) in [6.45, 7) is 7.59. The molecule has 1 nitrogen and oxygen atoms in total. The molecule has 1 aromatic rings. The minimum atomic E-state index is -4.33. The van der Waals surface area contributed by atoms with Gasteiger partial charge in [-0.15, -0.1) is 0 Å². The summed E-state index contributed by atoms with van der Waals surface area (Å²) in [5.74, 6) is -0.0148. The summed E-state index contributed by atoms with van der Waals surface area (Å²) >= 11 is 0. The minimum Gasteiger partial charge on any atom is -0.295 e. The topological polar surface area (TPSA) is 17.1 Å². The van der Waals surface area contributed by atoms with E-state index in [4.69, 9.17) is 0 Å². The number of carbonyl (C=O) groups is 1. The summed E-state index contributed by atoms with van der Waals surface area (Å²) in [6, 6.07) is 4.86. The highest BCUT2D eigenvalue weighted by atomic mass is 28.3. The number of alkyl halides is 3. The van der Waals surface area contributed by atoms with Crippen molar-refractivity contribution < 1.29 is 18.0 Å². The average molecular weight is 286 g/mol. The van der Waals surface area contributed by atoms with Crippen LogP contribution >= 0.6 is 0 Å². The predicted molar refractivity (Wildman–Crippen MR) is 73.4 cm³/mol. The smallest absolute Gasteiger partial charge is 0.295 e. The van der Waals surface area contributed by atoms with E-state index in [1.54, 1.807) is 6.08 Å². The predicted octanol–water partition coefficient (Wildman–Crippen LogP) is 4.56. The van der Waals surface area contributed by atoms with E-state index in [9.17, 15) is 18.0 Å². The van der Waals surface area contributed by atoms with Gasteiger partial charge in [0.25, 0.3) is 0 Å². The highest BCUT2D eigenvalue weighted by Gasteiger charge is 2.30. The van der Waals surface area contributed by atoms with E-state index < -0.39 is 19.8 Å². The minimum absolute atomic E-state index is 0.0148. The van der Waals surface area contributed by atoms with Crippen molar-refractivity contribution in [1.29, 1.82) is 0 Å². The fourth-order valence-electron chi connectivity index (χ4n) is 1.78. The summed E-state index contributed by atoms with van der Waals surface area (Å²) in [4.78, 5) is 11.6. The van der Waals surface area contributed by atoms with Gasteiger partial charge in [-0.1, -0.05) is 37.8 Å². The van der Waals surface area contributed by atoms with Crippen LogP contribution in [-0.4, -0.2) is 13.9 Å². The Labute approximate surface area is 112 Å². The maximum absolute atomic E-state index is 12.4. The first-order valence-corrected chi connectivity index (χ1v) is 9.42. The van der Waals surface area contributed by atoms with Crippen LogP contribution in [0.4, 0.5) is 13.2 Å². The molecule has 0 atom stereocenters. The third-order valence-corrected chi connectivity index (χ3v) is 4.85. The third kappa shape index (κ3) is 4.35. The van der Waals surface area contributed by atoms with Crippen molar-refractivity contribution in [2.75, 3.05) is 0 Å². The molecule has 104 valence electrons. The van der Waals surface area contributed by atoms with Gasteiger partial charge in [0.05, 0.1) is 13.6 Å². The second-order valence-corrected chi connectivity index (χ2v) is 10.5. The Morgan fingerprint density at radius 3 is 1.89 bits per heavy atom. The molecule has 0 saturated carbocycles. The molecular formula is C14H17F3OSi. The van der Waals surface area contributed by atoms with Gasteiger partial charge in [0.15, 0.2) is 5.78 Å². The van der Waals surface area contributed by atoms with E-state index in [0.29, 0.717) is 5.56 Å². The Morgan fingerprint density at radius 1 is 1.11 bits per heavy atom. The second-order valence-electron chi connectivity index (χ2n) is 5.48. The fourth-order valence-corrected chi connectivity index (χ4v) is 3.44. The quantitative estimate of drug-likeness (QED) is 0.588. The number of allylic oxidation sites excluding steroid dienone is 1. The van der Waals surface area contributed by atoms with E-state index in [1.807, 2.05) is 19.6 Å². The van der Waals surface area contributed by atoms with E-state index in [1.165, 1.54) is 19.1 Å². The zero-order valence-electron chi connectivity index (χ0n) is 11.4. The van der Waals surface area contributed by atoms with Gasteiger partial charge >= 0.3 is 6.18 Å². The molecule has 1 rings (SSSR count). The summed E-state index contributed by atoms with van der Waals surface area (Å²) in [5.41, 5.74) is -0.0531. The Bertz CT molecular complexity index is 493. The van der Waals surface area contributed by atoms with Crippen LogP contribution < -0.4 is 0 Å². The molecule has 0 radical (unpaired) electrons. The monoisotopic (exact) mass is 286 g/mol. The zero-order valence-corrected chi connectivity index (χ0v) is 12.4. The van der Waals surface area contributed by atoms with Crippen LogP contribution in [0.1, 0.15) is 18.1 Å². The van der Waals surface area contributed by atoms with Crippen molar-refractivity contribution >= 4 is 19.9 Å². The second kappa shape index (κ2) is 5.33. The maximum atomic E-state index is 12.4. The normalized spacial score (nSPS) is 13.5. The molecule has 0 aliphatic carbocycles. The SMILES string of the molecule is CC(=O)/C(=C/c1ccc(C(F)(F)F)cc1)[Si](C)(C)C. The molecule has 0 unspecified atom stereocenters. The first-order valence-electron chi connectivity index (χ1n) is 5.92. The summed E-state index contributed by atoms with van der Waals surface area (Å²) in [6.07, 6.45) is -2.63. The zero-order chi connectivity index (χ0) is 14.8.